The van der Waals surface area contributed by atoms with E-state index in [1.807, 2.05) is 19.1 Å². The minimum absolute atomic E-state index is 0.590. The molecule has 0 atom stereocenters. The Kier molecular flexibility index (Phi) is 8.69. The van der Waals surface area contributed by atoms with Crippen molar-refractivity contribution >= 4 is 0 Å². The first-order chi connectivity index (χ1) is 14.3. The Balaban J connectivity index is 1.48. The van der Waals surface area contributed by atoms with E-state index in [4.69, 9.17) is 4.74 Å². The van der Waals surface area contributed by atoms with E-state index in [1.165, 1.54) is 68.9 Å². The molecule has 1 heteroatoms. The maximum atomic E-state index is 5.52. The molecular weight excluding hydrogens is 352 g/mol. The number of benzene rings is 2. The zero-order chi connectivity index (χ0) is 20.3. The fourth-order valence-corrected chi connectivity index (χ4v) is 4.30. The lowest BCUT2D eigenvalue weighted by molar-refractivity contribution is 0.294. The lowest BCUT2D eigenvalue weighted by Gasteiger charge is -2.25. The molecule has 2 aromatic rings. The van der Waals surface area contributed by atoms with E-state index in [9.17, 15) is 0 Å². The molecule has 154 valence electrons. The summed E-state index contributed by atoms with van der Waals surface area (Å²) in [5, 5.41) is 0. The summed E-state index contributed by atoms with van der Waals surface area (Å²) in [7, 11) is 0. The third-order valence-electron chi connectivity index (χ3n) is 6.12. The standard InChI is InChI=1S/C28H36O/c1-3-5-6-7-8-23-9-11-24(12-10-23)13-14-25-15-17-26(18-16-25)27-19-21-28(22-20-27)29-4-2/h15-24H,3-12H2,1-2H3. The number of hydrogen-bond donors (Lipinski definition) is 0. The van der Waals surface area contributed by atoms with Crippen LogP contribution in [0.3, 0.4) is 0 Å². The smallest absolute Gasteiger partial charge is 0.119 e. The van der Waals surface area contributed by atoms with Gasteiger partial charge in [0, 0.05) is 11.5 Å². The van der Waals surface area contributed by atoms with Gasteiger partial charge < -0.3 is 4.74 Å². The summed E-state index contributed by atoms with van der Waals surface area (Å²) in [5.41, 5.74) is 3.56. The van der Waals surface area contributed by atoms with Crippen LogP contribution in [0.4, 0.5) is 0 Å². The third kappa shape index (κ3) is 6.97. The van der Waals surface area contributed by atoms with Gasteiger partial charge in [-0.1, -0.05) is 75.1 Å². The lowest BCUT2D eigenvalue weighted by atomic mass is 9.80. The molecule has 0 heterocycles. The largest absolute Gasteiger partial charge is 0.494 e. The van der Waals surface area contributed by atoms with Crippen molar-refractivity contribution in [3.8, 4) is 28.7 Å². The zero-order valence-electron chi connectivity index (χ0n) is 18.3. The molecule has 0 N–H and O–H groups in total. The molecule has 0 aliphatic heterocycles. The number of hydrogen-bond acceptors (Lipinski definition) is 1. The molecule has 2 aromatic carbocycles. The topological polar surface area (TPSA) is 9.23 Å². The first-order valence-electron chi connectivity index (χ1n) is 11.6. The highest BCUT2D eigenvalue weighted by Gasteiger charge is 2.19. The Bertz CT molecular complexity index is 768. The highest BCUT2D eigenvalue weighted by Crippen LogP contribution is 2.32. The van der Waals surface area contributed by atoms with Crippen molar-refractivity contribution in [2.45, 2.75) is 71.6 Å². The molecule has 0 amide bonds. The Morgan fingerprint density at radius 1 is 0.793 bits per heavy atom. The summed E-state index contributed by atoms with van der Waals surface area (Å²) in [5.74, 6) is 9.45. The van der Waals surface area contributed by atoms with Crippen LogP contribution in [0.5, 0.6) is 5.75 Å². The van der Waals surface area contributed by atoms with Crippen LogP contribution in [0, 0.1) is 23.7 Å². The molecule has 0 aromatic heterocycles. The first-order valence-corrected chi connectivity index (χ1v) is 11.6. The number of ether oxygens (including phenoxy) is 1. The van der Waals surface area contributed by atoms with Gasteiger partial charge in [-0.2, -0.15) is 0 Å². The van der Waals surface area contributed by atoms with Crippen molar-refractivity contribution in [3.63, 3.8) is 0 Å². The van der Waals surface area contributed by atoms with Crippen LogP contribution in [0.2, 0.25) is 0 Å². The van der Waals surface area contributed by atoms with Crippen molar-refractivity contribution in [3.05, 3.63) is 54.1 Å². The highest BCUT2D eigenvalue weighted by molar-refractivity contribution is 5.65. The maximum absolute atomic E-state index is 5.52. The summed E-state index contributed by atoms with van der Waals surface area (Å²) in [6.07, 6.45) is 12.4. The van der Waals surface area contributed by atoms with Crippen molar-refractivity contribution < 1.29 is 4.74 Å². The van der Waals surface area contributed by atoms with E-state index < -0.39 is 0 Å². The van der Waals surface area contributed by atoms with Crippen LogP contribution in [0.15, 0.2) is 48.5 Å². The summed E-state index contributed by atoms with van der Waals surface area (Å²) in [4.78, 5) is 0. The van der Waals surface area contributed by atoms with Crippen molar-refractivity contribution in [1.82, 2.24) is 0 Å². The van der Waals surface area contributed by atoms with Gasteiger partial charge in [-0.05, 0) is 73.9 Å². The predicted molar refractivity (Wildman–Crippen MR) is 124 cm³/mol. The second kappa shape index (κ2) is 11.7. The molecule has 1 saturated carbocycles. The average molecular weight is 389 g/mol. The normalized spacial score (nSPS) is 18.7. The molecule has 1 nitrogen and oxygen atoms in total. The van der Waals surface area contributed by atoms with Gasteiger partial charge in [-0.3, -0.25) is 0 Å². The Hall–Kier alpha value is -2.20. The van der Waals surface area contributed by atoms with E-state index in [1.54, 1.807) is 0 Å². The fourth-order valence-electron chi connectivity index (χ4n) is 4.30. The van der Waals surface area contributed by atoms with Gasteiger partial charge in [0.05, 0.1) is 6.61 Å². The van der Waals surface area contributed by atoms with E-state index in [-0.39, 0.29) is 0 Å². The van der Waals surface area contributed by atoms with Crippen LogP contribution >= 0.6 is 0 Å². The number of rotatable bonds is 8. The highest BCUT2D eigenvalue weighted by atomic mass is 16.5. The predicted octanol–water partition coefficient (Wildman–Crippen LogP) is 7.88. The Labute approximate surface area is 177 Å². The summed E-state index contributed by atoms with van der Waals surface area (Å²) in [6, 6.07) is 17.0. The van der Waals surface area contributed by atoms with E-state index >= 15 is 0 Å². The lowest BCUT2D eigenvalue weighted by Crippen LogP contribution is -2.13. The van der Waals surface area contributed by atoms with E-state index in [2.05, 4.69) is 55.2 Å². The van der Waals surface area contributed by atoms with Crippen molar-refractivity contribution in [1.29, 1.82) is 0 Å². The van der Waals surface area contributed by atoms with E-state index in [0.29, 0.717) is 12.5 Å². The molecule has 1 fully saturated rings. The first kappa shape index (κ1) is 21.5. The van der Waals surface area contributed by atoms with Crippen LogP contribution in [0.1, 0.15) is 77.2 Å². The SMILES string of the molecule is CCCCCCC1CCC(C#Cc2ccc(-c3ccc(OCC)cc3)cc2)CC1. The van der Waals surface area contributed by atoms with Crippen LogP contribution < -0.4 is 4.74 Å². The quantitative estimate of drug-likeness (QED) is 0.330. The molecule has 0 saturated heterocycles. The van der Waals surface area contributed by atoms with E-state index in [0.717, 1.165) is 17.2 Å². The molecule has 0 spiro atoms. The van der Waals surface area contributed by atoms with Gasteiger partial charge in [0.15, 0.2) is 0 Å². The Morgan fingerprint density at radius 3 is 2.07 bits per heavy atom. The molecule has 0 unspecified atom stereocenters. The molecule has 1 aliphatic rings. The van der Waals surface area contributed by atoms with Crippen LogP contribution in [0.25, 0.3) is 11.1 Å². The molecule has 29 heavy (non-hydrogen) atoms. The molecule has 1 aliphatic carbocycles. The minimum Gasteiger partial charge on any atom is -0.494 e. The van der Waals surface area contributed by atoms with Gasteiger partial charge in [0.2, 0.25) is 0 Å². The third-order valence-corrected chi connectivity index (χ3v) is 6.12. The van der Waals surface area contributed by atoms with Crippen molar-refractivity contribution in [2.75, 3.05) is 6.61 Å². The van der Waals surface area contributed by atoms with Gasteiger partial charge in [0.1, 0.15) is 5.75 Å². The molecular formula is C28H36O. The average Bonchev–Trinajstić information content (AvgIpc) is 2.77. The summed E-state index contributed by atoms with van der Waals surface area (Å²) >= 11 is 0. The monoisotopic (exact) mass is 388 g/mol. The molecule has 0 radical (unpaired) electrons. The second-order valence-electron chi connectivity index (χ2n) is 8.37. The Morgan fingerprint density at radius 2 is 1.45 bits per heavy atom. The zero-order valence-corrected chi connectivity index (χ0v) is 18.3. The summed E-state index contributed by atoms with van der Waals surface area (Å²) in [6.45, 7) is 5.00. The summed E-state index contributed by atoms with van der Waals surface area (Å²) < 4.78 is 5.52. The van der Waals surface area contributed by atoms with Gasteiger partial charge in [-0.25, -0.2) is 0 Å². The van der Waals surface area contributed by atoms with Crippen molar-refractivity contribution in [2.24, 2.45) is 11.8 Å². The van der Waals surface area contributed by atoms with Gasteiger partial charge in [-0.15, -0.1) is 0 Å². The molecule has 3 rings (SSSR count). The second-order valence-corrected chi connectivity index (χ2v) is 8.37. The van der Waals surface area contributed by atoms with Gasteiger partial charge >= 0.3 is 0 Å². The van der Waals surface area contributed by atoms with Crippen LogP contribution in [-0.2, 0) is 0 Å². The number of unbranched alkanes of at least 4 members (excludes halogenated alkanes) is 3. The van der Waals surface area contributed by atoms with Gasteiger partial charge in [0.25, 0.3) is 0 Å². The van der Waals surface area contributed by atoms with Crippen LogP contribution in [-0.4, -0.2) is 6.61 Å². The maximum Gasteiger partial charge on any atom is 0.119 e. The molecule has 0 bridgehead atoms. The fraction of sp³-hybridized carbons (Fsp3) is 0.500. The minimum atomic E-state index is 0.590.